The Labute approximate surface area is 126 Å². The smallest absolute Gasteiger partial charge is 0.317 e. The number of ether oxygens (including phenoxy) is 1. The van der Waals surface area contributed by atoms with E-state index in [4.69, 9.17) is 9.84 Å². The maximum Gasteiger partial charge on any atom is 0.317 e. The Balaban J connectivity index is 2.07. The Bertz CT molecular complexity index is 326. The third-order valence-corrected chi connectivity index (χ3v) is 3.56. The predicted molar refractivity (Wildman–Crippen MR) is 80.2 cm³/mol. The van der Waals surface area contributed by atoms with Gasteiger partial charge in [-0.25, -0.2) is 4.79 Å². The van der Waals surface area contributed by atoms with Gasteiger partial charge in [-0.3, -0.25) is 4.79 Å². The summed E-state index contributed by atoms with van der Waals surface area (Å²) in [6, 6.07) is -0.0485. The summed E-state index contributed by atoms with van der Waals surface area (Å²) in [7, 11) is 0. The molecule has 0 aromatic heterocycles. The molecule has 1 heterocycles. The minimum Gasteiger partial charge on any atom is -0.481 e. The van der Waals surface area contributed by atoms with E-state index < -0.39 is 5.97 Å². The van der Waals surface area contributed by atoms with Gasteiger partial charge >= 0.3 is 12.0 Å². The minimum atomic E-state index is -0.751. The van der Waals surface area contributed by atoms with Crippen LogP contribution in [0.4, 0.5) is 4.79 Å². The highest BCUT2D eigenvalue weighted by Gasteiger charge is 2.23. The van der Waals surface area contributed by atoms with E-state index in [1.807, 2.05) is 0 Å². The van der Waals surface area contributed by atoms with Crippen molar-refractivity contribution in [1.29, 1.82) is 0 Å². The van der Waals surface area contributed by atoms with Crippen molar-refractivity contribution in [2.24, 2.45) is 11.8 Å². The monoisotopic (exact) mass is 300 g/mol. The number of carboxylic acids is 1. The third-order valence-electron chi connectivity index (χ3n) is 3.56. The number of piperidine rings is 1. The number of carbonyl (C=O) groups is 2. The molecule has 0 saturated carbocycles. The van der Waals surface area contributed by atoms with Crippen molar-refractivity contribution in [3.8, 4) is 0 Å². The summed E-state index contributed by atoms with van der Waals surface area (Å²) in [4.78, 5) is 24.3. The number of urea groups is 1. The largest absolute Gasteiger partial charge is 0.481 e. The van der Waals surface area contributed by atoms with Crippen LogP contribution in [0.1, 0.15) is 39.5 Å². The lowest BCUT2D eigenvalue weighted by Crippen LogP contribution is -2.45. The van der Waals surface area contributed by atoms with Gasteiger partial charge in [0.25, 0.3) is 0 Å². The van der Waals surface area contributed by atoms with Crippen LogP contribution in [0.3, 0.4) is 0 Å². The fraction of sp³-hybridized carbons (Fsp3) is 0.867. The number of aliphatic carboxylic acids is 1. The van der Waals surface area contributed by atoms with Crippen molar-refractivity contribution in [2.75, 3.05) is 32.8 Å². The van der Waals surface area contributed by atoms with E-state index in [1.165, 1.54) is 0 Å². The van der Waals surface area contributed by atoms with E-state index in [-0.39, 0.29) is 18.4 Å². The zero-order valence-electron chi connectivity index (χ0n) is 13.1. The van der Waals surface area contributed by atoms with Gasteiger partial charge in [0.05, 0.1) is 0 Å². The van der Waals surface area contributed by atoms with Gasteiger partial charge < -0.3 is 20.1 Å². The predicted octanol–water partition coefficient (Wildman–Crippen LogP) is 1.95. The van der Waals surface area contributed by atoms with Crippen LogP contribution in [0.25, 0.3) is 0 Å². The van der Waals surface area contributed by atoms with Crippen molar-refractivity contribution in [2.45, 2.75) is 39.5 Å². The molecule has 0 bridgehead atoms. The second-order valence-corrected chi connectivity index (χ2v) is 6.08. The Morgan fingerprint density at radius 3 is 2.57 bits per heavy atom. The van der Waals surface area contributed by atoms with Gasteiger partial charge in [-0.15, -0.1) is 0 Å². The van der Waals surface area contributed by atoms with Crippen molar-refractivity contribution >= 4 is 12.0 Å². The maximum absolute atomic E-state index is 11.9. The highest BCUT2D eigenvalue weighted by Crippen LogP contribution is 2.20. The molecule has 2 N–H and O–H groups in total. The van der Waals surface area contributed by atoms with Crippen molar-refractivity contribution in [3.05, 3.63) is 0 Å². The van der Waals surface area contributed by atoms with E-state index in [9.17, 15) is 9.59 Å². The SMILES string of the molecule is CC(C)COCCCNC(=O)N1CCC(CC(=O)O)CC1. The Morgan fingerprint density at radius 1 is 1.33 bits per heavy atom. The molecule has 6 heteroatoms. The molecule has 1 fully saturated rings. The summed E-state index contributed by atoms with van der Waals surface area (Å²) in [5, 5.41) is 11.6. The molecule has 1 aliphatic rings. The van der Waals surface area contributed by atoms with Crippen LogP contribution in [-0.2, 0) is 9.53 Å². The zero-order valence-corrected chi connectivity index (χ0v) is 13.1. The number of carbonyl (C=O) groups excluding carboxylic acids is 1. The van der Waals surface area contributed by atoms with Gasteiger partial charge in [0.15, 0.2) is 0 Å². The molecule has 6 nitrogen and oxygen atoms in total. The Kier molecular flexibility index (Phi) is 8.12. The fourth-order valence-corrected chi connectivity index (χ4v) is 2.39. The first kappa shape index (κ1) is 17.8. The van der Waals surface area contributed by atoms with Gasteiger partial charge in [0.1, 0.15) is 0 Å². The summed E-state index contributed by atoms with van der Waals surface area (Å²) in [6.45, 7) is 7.54. The lowest BCUT2D eigenvalue weighted by atomic mass is 9.94. The minimum absolute atomic E-state index is 0.0485. The molecule has 1 saturated heterocycles. The topological polar surface area (TPSA) is 78.9 Å². The molecule has 0 spiro atoms. The van der Waals surface area contributed by atoms with Gasteiger partial charge in [0, 0.05) is 39.3 Å². The standard InChI is InChI=1S/C15H28N2O4/c1-12(2)11-21-9-3-6-16-15(20)17-7-4-13(5-8-17)10-14(18)19/h12-13H,3-11H2,1-2H3,(H,16,20)(H,18,19). The first-order chi connectivity index (χ1) is 9.99. The highest BCUT2D eigenvalue weighted by atomic mass is 16.5. The Morgan fingerprint density at radius 2 is 2.00 bits per heavy atom. The molecule has 0 aromatic rings. The van der Waals surface area contributed by atoms with Crippen LogP contribution in [0.15, 0.2) is 0 Å². The quantitative estimate of drug-likeness (QED) is 0.672. The van der Waals surface area contributed by atoms with Crippen LogP contribution in [0, 0.1) is 11.8 Å². The van der Waals surface area contributed by atoms with Crippen LogP contribution in [0.5, 0.6) is 0 Å². The average molecular weight is 300 g/mol. The lowest BCUT2D eigenvalue weighted by molar-refractivity contribution is -0.138. The van der Waals surface area contributed by atoms with Gasteiger partial charge in [0.2, 0.25) is 0 Å². The number of carboxylic acid groups (broad SMARTS) is 1. The number of nitrogens with zero attached hydrogens (tertiary/aromatic N) is 1. The summed E-state index contributed by atoms with van der Waals surface area (Å²) in [6.07, 6.45) is 2.57. The first-order valence-electron chi connectivity index (χ1n) is 7.81. The van der Waals surface area contributed by atoms with Gasteiger partial charge in [-0.2, -0.15) is 0 Å². The van der Waals surface area contributed by atoms with Gasteiger partial charge in [-0.05, 0) is 31.1 Å². The molecule has 1 rings (SSSR count). The molecule has 0 aliphatic carbocycles. The summed E-state index contributed by atoms with van der Waals surface area (Å²) in [5.74, 6) is -0.0121. The fourth-order valence-electron chi connectivity index (χ4n) is 2.39. The van der Waals surface area contributed by atoms with Crippen LogP contribution in [-0.4, -0.2) is 54.9 Å². The summed E-state index contributed by atoms with van der Waals surface area (Å²) in [5.41, 5.74) is 0. The molecule has 2 amide bonds. The number of hydrogen-bond donors (Lipinski definition) is 2. The second kappa shape index (κ2) is 9.60. The molecule has 0 aromatic carbocycles. The van der Waals surface area contributed by atoms with Crippen molar-refractivity contribution in [3.63, 3.8) is 0 Å². The molecular weight excluding hydrogens is 272 g/mol. The summed E-state index contributed by atoms with van der Waals surface area (Å²) >= 11 is 0. The zero-order chi connectivity index (χ0) is 15.7. The molecule has 1 aliphatic heterocycles. The molecule has 21 heavy (non-hydrogen) atoms. The van der Waals surface area contributed by atoms with Crippen molar-refractivity contribution in [1.82, 2.24) is 10.2 Å². The molecule has 0 unspecified atom stereocenters. The van der Waals surface area contributed by atoms with Crippen LogP contribution in [0.2, 0.25) is 0 Å². The normalized spacial score (nSPS) is 16.2. The number of rotatable bonds is 8. The lowest BCUT2D eigenvalue weighted by Gasteiger charge is -2.31. The molecule has 0 atom stereocenters. The van der Waals surface area contributed by atoms with Crippen molar-refractivity contribution < 1.29 is 19.4 Å². The number of amides is 2. The van der Waals surface area contributed by atoms with E-state index in [1.54, 1.807) is 4.90 Å². The molecule has 0 radical (unpaired) electrons. The average Bonchev–Trinajstić information content (AvgIpc) is 2.42. The number of nitrogens with one attached hydrogen (secondary N) is 1. The van der Waals surface area contributed by atoms with E-state index in [0.717, 1.165) is 25.9 Å². The first-order valence-corrected chi connectivity index (χ1v) is 7.81. The Hall–Kier alpha value is -1.30. The molecular formula is C15H28N2O4. The summed E-state index contributed by atoms with van der Waals surface area (Å²) < 4.78 is 5.45. The van der Waals surface area contributed by atoms with Crippen LogP contribution >= 0.6 is 0 Å². The third kappa shape index (κ3) is 7.90. The molecule has 122 valence electrons. The van der Waals surface area contributed by atoms with Crippen LogP contribution < -0.4 is 5.32 Å². The van der Waals surface area contributed by atoms with Gasteiger partial charge in [-0.1, -0.05) is 13.8 Å². The van der Waals surface area contributed by atoms with E-state index >= 15 is 0 Å². The van der Waals surface area contributed by atoms with E-state index in [0.29, 0.717) is 32.2 Å². The number of hydrogen-bond acceptors (Lipinski definition) is 3. The second-order valence-electron chi connectivity index (χ2n) is 6.08. The van der Waals surface area contributed by atoms with E-state index in [2.05, 4.69) is 19.2 Å². The highest BCUT2D eigenvalue weighted by molar-refractivity contribution is 5.74. The maximum atomic E-state index is 11.9. The number of likely N-dealkylation sites (tertiary alicyclic amines) is 1.